The maximum Gasteiger partial charge on any atom is 0.141 e. The van der Waals surface area contributed by atoms with E-state index in [0.29, 0.717) is 6.07 Å². The van der Waals surface area contributed by atoms with E-state index in [-0.39, 0.29) is 16.7 Å². The average Bonchev–Trinajstić information content (AvgIpc) is 2.33. The first-order valence-electron chi connectivity index (χ1n) is 5.23. The third kappa shape index (κ3) is 2.36. The van der Waals surface area contributed by atoms with Gasteiger partial charge in [-0.15, -0.1) is 0 Å². The lowest BCUT2D eigenvalue weighted by Gasteiger charge is -2.13. The molecule has 0 radical (unpaired) electrons. The number of halogens is 3. The molecule has 5 heteroatoms. The van der Waals surface area contributed by atoms with Crippen LogP contribution in [0.3, 0.4) is 0 Å². The van der Waals surface area contributed by atoms with Gasteiger partial charge in [0.1, 0.15) is 23.6 Å². The van der Waals surface area contributed by atoms with Crippen molar-refractivity contribution in [3.63, 3.8) is 0 Å². The van der Waals surface area contributed by atoms with Gasteiger partial charge in [0.15, 0.2) is 0 Å². The lowest BCUT2D eigenvalue weighted by atomic mass is 10.0. The fourth-order valence-corrected chi connectivity index (χ4v) is 1.65. The maximum absolute atomic E-state index is 13.6. The van der Waals surface area contributed by atoms with Gasteiger partial charge in [-0.05, 0) is 24.6 Å². The summed E-state index contributed by atoms with van der Waals surface area (Å²) in [5, 5.41) is 9.94. The minimum Gasteiger partial charge on any atom is -0.383 e. The first kappa shape index (κ1) is 12.6. The molecule has 2 nitrogen and oxygen atoms in total. The fraction of sp³-hybridized carbons (Fsp3) is 0.154. The van der Waals surface area contributed by atoms with Gasteiger partial charge in [0.05, 0.1) is 6.20 Å². The Morgan fingerprint density at radius 1 is 1.06 bits per heavy atom. The van der Waals surface area contributed by atoms with Gasteiger partial charge < -0.3 is 5.11 Å². The molecule has 1 aromatic carbocycles. The number of aryl methyl sites for hydroxylation is 1. The monoisotopic (exact) mass is 253 g/mol. The normalized spacial score (nSPS) is 12.5. The molecule has 0 spiro atoms. The molecule has 0 aliphatic heterocycles. The Kier molecular flexibility index (Phi) is 3.34. The molecular weight excluding hydrogens is 243 g/mol. The molecule has 1 N–H and O–H groups in total. The Morgan fingerprint density at radius 3 is 2.44 bits per heavy atom. The van der Waals surface area contributed by atoms with Crippen LogP contribution >= 0.6 is 0 Å². The van der Waals surface area contributed by atoms with Crippen LogP contribution in [-0.2, 0) is 0 Å². The Bertz CT molecular complexity index is 586. The maximum atomic E-state index is 13.6. The van der Waals surface area contributed by atoms with Crippen LogP contribution in [0.25, 0.3) is 0 Å². The summed E-state index contributed by atoms with van der Waals surface area (Å²) in [6.07, 6.45) is 0.821. The van der Waals surface area contributed by atoms with Crippen molar-refractivity contribution in [1.29, 1.82) is 0 Å². The SMILES string of the molecule is Cc1cc(C(O)c2cncc(F)c2)c(F)cc1F. The van der Waals surface area contributed by atoms with E-state index in [1.54, 1.807) is 0 Å². The number of rotatable bonds is 2. The lowest BCUT2D eigenvalue weighted by molar-refractivity contribution is 0.213. The highest BCUT2D eigenvalue weighted by atomic mass is 19.1. The number of aliphatic hydroxyl groups is 1. The van der Waals surface area contributed by atoms with Gasteiger partial charge in [0, 0.05) is 23.4 Å². The number of aromatic nitrogens is 1. The van der Waals surface area contributed by atoms with Crippen LogP contribution in [0, 0.1) is 24.4 Å². The number of aliphatic hydroxyl groups excluding tert-OH is 1. The Balaban J connectivity index is 2.46. The van der Waals surface area contributed by atoms with E-state index in [1.807, 2.05) is 0 Å². The number of pyridine rings is 1. The zero-order chi connectivity index (χ0) is 13.3. The fourth-order valence-electron chi connectivity index (χ4n) is 1.65. The predicted molar refractivity (Wildman–Crippen MR) is 59.4 cm³/mol. The average molecular weight is 253 g/mol. The molecule has 0 aliphatic rings. The first-order valence-corrected chi connectivity index (χ1v) is 5.23. The topological polar surface area (TPSA) is 33.1 Å². The van der Waals surface area contributed by atoms with Gasteiger partial charge >= 0.3 is 0 Å². The molecule has 0 saturated heterocycles. The van der Waals surface area contributed by atoms with E-state index < -0.39 is 23.6 Å². The summed E-state index contributed by atoms with van der Waals surface area (Å²) >= 11 is 0. The van der Waals surface area contributed by atoms with Gasteiger partial charge in [0.25, 0.3) is 0 Å². The van der Waals surface area contributed by atoms with Crippen LogP contribution in [0.1, 0.15) is 22.8 Å². The third-order valence-corrected chi connectivity index (χ3v) is 2.61. The number of nitrogens with zero attached hydrogens (tertiary/aromatic N) is 1. The Hall–Kier alpha value is -1.88. The van der Waals surface area contributed by atoms with Crippen molar-refractivity contribution in [2.24, 2.45) is 0 Å². The van der Waals surface area contributed by atoms with E-state index in [9.17, 15) is 18.3 Å². The van der Waals surface area contributed by atoms with E-state index in [2.05, 4.69) is 4.98 Å². The van der Waals surface area contributed by atoms with Crippen LogP contribution in [0.5, 0.6) is 0 Å². The standard InChI is InChI=1S/C13H10F3NO/c1-7-2-10(12(16)4-11(7)15)13(18)8-3-9(14)6-17-5-8/h2-6,13,18H,1H3. The molecule has 0 bridgehead atoms. The molecule has 2 aromatic rings. The Labute approximate surface area is 102 Å². The van der Waals surface area contributed by atoms with Crippen molar-refractivity contribution in [1.82, 2.24) is 4.98 Å². The predicted octanol–water partition coefficient (Wildman–Crippen LogP) is 2.89. The van der Waals surface area contributed by atoms with Gasteiger partial charge in [0.2, 0.25) is 0 Å². The van der Waals surface area contributed by atoms with Crippen LogP contribution in [0.4, 0.5) is 13.2 Å². The van der Waals surface area contributed by atoms with E-state index in [1.165, 1.54) is 19.2 Å². The summed E-state index contributed by atoms with van der Waals surface area (Å²) in [6, 6.07) is 2.94. The van der Waals surface area contributed by atoms with Crippen molar-refractivity contribution in [2.75, 3.05) is 0 Å². The van der Waals surface area contributed by atoms with Crippen molar-refractivity contribution >= 4 is 0 Å². The third-order valence-electron chi connectivity index (χ3n) is 2.61. The van der Waals surface area contributed by atoms with Gasteiger partial charge in [-0.1, -0.05) is 0 Å². The molecule has 2 rings (SSSR count). The van der Waals surface area contributed by atoms with Crippen LogP contribution in [0.15, 0.2) is 30.6 Å². The number of hydrogen-bond acceptors (Lipinski definition) is 2. The highest BCUT2D eigenvalue weighted by Crippen LogP contribution is 2.26. The molecule has 1 heterocycles. The molecule has 0 aliphatic carbocycles. The molecule has 94 valence electrons. The quantitative estimate of drug-likeness (QED) is 0.892. The molecule has 0 fully saturated rings. The van der Waals surface area contributed by atoms with Crippen molar-refractivity contribution in [3.8, 4) is 0 Å². The molecule has 1 unspecified atom stereocenters. The molecule has 18 heavy (non-hydrogen) atoms. The summed E-state index contributed by atoms with van der Waals surface area (Å²) in [4.78, 5) is 3.57. The summed E-state index contributed by atoms with van der Waals surface area (Å²) in [5.74, 6) is -2.21. The second-order valence-corrected chi connectivity index (χ2v) is 3.96. The van der Waals surface area contributed by atoms with E-state index in [4.69, 9.17) is 0 Å². The smallest absolute Gasteiger partial charge is 0.141 e. The first-order chi connectivity index (χ1) is 8.49. The Morgan fingerprint density at radius 2 is 1.78 bits per heavy atom. The number of benzene rings is 1. The van der Waals surface area contributed by atoms with Crippen LogP contribution < -0.4 is 0 Å². The summed E-state index contributed by atoms with van der Waals surface area (Å²) < 4.78 is 39.6. The molecule has 1 aromatic heterocycles. The van der Waals surface area contributed by atoms with Gasteiger partial charge in [-0.25, -0.2) is 13.2 Å². The minimum absolute atomic E-state index is 0.110. The highest BCUT2D eigenvalue weighted by molar-refractivity contribution is 5.33. The lowest BCUT2D eigenvalue weighted by Crippen LogP contribution is -2.05. The zero-order valence-electron chi connectivity index (χ0n) is 9.49. The highest BCUT2D eigenvalue weighted by Gasteiger charge is 2.17. The van der Waals surface area contributed by atoms with Crippen molar-refractivity contribution in [2.45, 2.75) is 13.0 Å². The van der Waals surface area contributed by atoms with Gasteiger partial charge in [-0.3, -0.25) is 4.98 Å². The molecule has 1 atom stereocenters. The van der Waals surface area contributed by atoms with E-state index >= 15 is 0 Å². The number of hydrogen-bond donors (Lipinski definition) is 1. The van der Waals surface area contributed by atoms with Crippen LogP contribution in [0.2, 0.25) is 0 Å². The van der Waals surface area contributed by atoms with Crippen molar-refractivity contribution < 1.29 is 18.3 Å². The summed E-state index contributed by atoms with van der Waals surface area (Å²) in [5.41, 5.74) is 0.205. The van der Waals surface area contributed by atoms with Crippen LogP contribution in [-0.4, -0.2) is 10.1 Å². The van der Waals surface area contributed by atoms with Gasteiger partial charge in [-0.2, -0.15) is 0 Å². The molecule has 0 amide bonds. The molecular formula is C13H10F3NO. The summed E-state index contributed by atoms with van der Waals surface area (Å²) in [7, 11) is 0. The summed E-state index contributed by atoms with van der Waals surface area (Å²) in [6.45, 7) is 1.45. The second-order valence-electron chi connectivity index (χ2n) is 3.96. The van der Waals surface area contributed by atoms with Crippen molar-refractivity contribution in [3.05, 3.63) is 64.7 Å². The zero-order valence-corrected chi connectivity index (χ0v) is 9.49. The van der Waals surface area contributed by atoms with E-state index in [0.717, 1.165) is 12.3 Å². The molecule has 0 saturated carbocycles. The largest absolute Gasteiger partial charge is 0.383 e. The second kappa shape index (κ2) is 4.78. The minimum atomic E-state index is -1.38.